The van der Waals surface area contributed by atoms with Crippen LogP contribution in [0.2, 0.25) is 0 Å². The van der Waals surface area contributed by atoms with Crippen LogP contribution < -0.4 is 10.6 Å². The molecule has 0 aliphatic carbocycles. The van der Waals surface area contributed by atoms with Crippen molar-refractivity contribution in [3.05, 3.63) is 65.2 Å². The molecule has 2 atom stereocenters. The van der Waals surface area contributed by atoms with E-state index in [2.05, 4.69) is 10.6 Å². The number of alkyl carbamates (subject to hydrolysis) is 1. The molecular weight excluding hydrogens is 474 g/mol. The zero-order valence-electron chi connectivity index (χ0n) is 22.0. The third kappa shape index (κ3) is 8.06. The lowest BCUT2D eigenvalue weighted by atomic mass is 9.94. The molecule has 1 aliphatic heterocycles. The van der Waals surface area contributed by atoms with Gasteiger partial charge in [0.05, 0.1) is 19.4 Å². The summed E-state index contributed by atoms with van der Waals surface area (Å²) in [6.07, 6.45) is 0.0131. The number of anilines is 1. The van der Waals surface area contributed by atoms with Gasteiger partial charge in [0.25, 0.3) is 0 Å². The molecule has 9 heteroatoms. The van der Waals surface area contributed by atoms with E-state index >= 15 is 0 Å². The number of ether oxygens (including phenoxy) is 2. The Balaban J connectivity index is 1.78. The monoisotopic (exact) mass is 509 g/mol. The second-order valence-corrected chi connectivity index (χ2v) is 10.2. The van der Waals surface area contributed by atoms with Gasteiger partial charge < -0.3 is 25.0 Å². The first-order valence-corrected chi connectivity index (χ1v) is 12.2. The topological polar surface area (TPSA) is 114 Å². The molecule has 2 aromatic carbocycles. The first-order valence-electron chi connectivity index (χ1n) is 12.2. The Hall–Kier alpha value is -3.88. The number of nitrogens with zero attached hydrogens (tertiary/aromatic N) is 1. The van der Waals surface area contributed by atoms with Crippen molar-refractivity contribution in [2.24, 2.45) is 5.92 Å². The number of fused-ring (bicyclic) bond motifs is 1. The fourth-order valence-electron chi connectivity index (χ4n) is 4.23. The fraction of sp³-hybridized carbons (Fsp3) is 0.429. The number of nitrogens with one attached hydrogen (secondary N) is 2. The van der Waals surface area contributed by atoms with Gasteiger partial charge >= 0.3 is 12.1 Å². The van der Waals surface area contributed by atoms with Gasteiger partial charge in [-0.05, 0) is 56.0 Å². The van der Waals surface area contributed by atoms with Gasteiger partial charge in [0, 0.05) is 25.7 Å². The highest BCUT2D eigenvalue weighted by Gasteiger charge is 2.30. The Morgan fingerprint density at radius 1 is 1.08 bits per heavy atom. The minimum atomic E-state index is -0.871. The van der Waals surface area contributed by atoms with Crippen LogP contribution in [0.25, 0.3) is 0 Å². The SMILES string of the molecule is COC(=O)C[C@H]1Cc2ccc(NC(=O)[C@H](Cc3ccccc3)NC(=O)OC(C)(C)C)cc2CN(C)C1=O. The lowest BCUT2D eigenvalue weighted by Gasteiger charge is -2.23. The van der Waals surface area contributed by atoms with Crippen molar-refractivity contribution in [3.63, 3.8) is 0 Å². The summed E-state index contributed by atoms with van der Waals surface area (Å²) in [6.45, 7) is 5.61. The molecule has 0 fully saturated rings. The van der Waals surface area contributed by atoms with Crippen molar-refractivity contribution in [3.8, 4) is 0 Å². The van der Waals surface area contributed by atoms with Gasteiger partial charge in [-0.15, -0.1) is 0 Å². The molecule has 1 aliphatic rings. The molecule has 0 aromatic heterocycles. The molecule has 0 saturated heterocycles. The van der Waals surface area contributed by atoms with E-state index in [0.29, 0.717) is 18.7 Å². The predicted octanol–water partition coefficient (Wildman–Crippen LogP) is 3.45. The number of rotatable bonds is 7. The first-order chi connectivity index (χ1) is 17.4. The molecule has 0 radical (unpaired) electrons. The van der Waals surface area contributed by atoms with E-state index in [0.717, 1.165) is 16.7 Å². The van der Waals surface area contributed by atoms with Crippen molar-refractivity contribution in [2.45, 2.75) is 58.2 Å². The molecule has 3 rings (SSSR count). The smallest absolute Gasteiger partial charge is 0.408 e. The van der Waals surface area contributed by atoms with Crippen molar-refractivity contribution >= 4 is 29.6 Å². The van der Waals surface area contributed by atoms with Crippen LogP contribution in [0.5, 0.6) is 0 Å². The fourth-order valence-corrected chi connectivity index (χ4v) is 4.23. The molecule has 0 bridgehead atoms. The highest BCUT2D eigenvalue weighted by Crippen LogP contribution is 2.27. The molecule has 2 N–H and O–H groups in total. The normalized spacial score (nSPS) is 16.2. The summed E-state index contributed by atoms with van der Waals surface area (Å²) in [5.74, 6) is -1.46. The van der Waals surface area contributed by atoms with Gasteiger partial charge in [-0.25, -0.2) is 4.79 Å². The maximum atomic E-state index is 13.3. The van der Waals surface area contributed by atoms with Crippen LogP contribution in [0.1, 0.15) is 43.9 Å². The van der Waals surface area contributed by atoms with Gasteiger partial charge in [-0.3, -0.25) is 14.4 Å². The van der Waals surface area contributed by atoms with Crippen LogP contribution in [-0.2, 0) is 43.2 Å². The van der Waals surface area contributed by atoms with E-state index < -0.39 is 35.5 Å². The van der Waals surface area contributed by atoms with Crippen LogP contribution in [0.15, 0.2) is 48.5 Å². The van der Waals surface area contributed by atoms with E-state index in [4.69, 9.17) is 9.47 Å². The van der Waals surface area contributed by atoms with Crippen LogP contribution in [0, 0.1) is 5.92 Å². The minimum absolute atomic E-state index is 0.00903. The Bertz CT molecular complexity index is 1140. The molecule has 2 aromatic rings. The second-order valence-electron chi connectivity index (χ2n) is 10.2. The Kier molecular flexibility index (Phi) is 8.91. The average Bonchev–Trinajstić information content (AvgIpc) is 2.94. The number of methoxy groups -OCH3 is 1. The molecule has 0 saturated carbocycles. The molecule has 9 nitrogen and oxygen atoms in total. The number of hydrogen-bond donors (Lipinski definition) is 2. The molecule has 1 heterocycles. The number of carbonyl (C=O) groups is 4. The summed E-state index contributed by atoms with van der Waals surface area (Å²) >= 11 is 0. The summed E-state index contributed by atoms with van der Waals surface area (Å²) < 4.78 is 10.1. The summed E-state index contributed by atoms with van der Waals surface area (Å²) in [5.41, 5.74) is 2.53. The highest BCUT2D eigenvalue weighted by atomic mass is 16.6. The minimum Gasteiger partial charge on any atom is -0.469 e. The molecule has 198 valence electrons. The molecule has 3 amide bonds. The number of amides is 3. The number of esters is 1. The maximum absolute atomic E-state index is 13.3. The molecule has 37 heavy (non-hydrogen) atoms. The van der Waals surface area contributed by atoms with Gasteiger partial charge in [0.2, 0.25) is 11.8 Å². The largest absolute Gasteiger partial charge is 0.469 e. The van der Waals surface area contributed by atoms with Crippen LogP contribution >= 0.6 is 0 Å². The zero-order chi connectivity index (χ0) is 27.2. The highest BCUT2D eigenvalue weighted by molar-refractivity contribution is 5.97. The maximum Gasteiger partial charge on any atom is 0.408 e. The van der Waals surface area contributed by atoms with Crippen molar-refractivity contribution in [1.29, 1.82) is 0 Å². The van der Waals surface area contributed by atoms with Crippen molar-refractivity contribution in [1.82, 2.24) is 10.2 Å². The van der Waals surface area contributed by atoms with Crippen LogP contribution in [0.4, 0.5) is 10.5 Å². The Labute approximate surface area is 217 Å². The van der Waals surface area contributed by atoms with Crippen molar-refractivity contribution in [2.75, 3.05) is 19.5 Å². The van der Waals surface area contributed by atoms with E-state index in [1.54, 1.807) is 38.8 Å². The van der Waals surface area contributed by atoms with E-state index in [1.165, 1.54) is 7.11 Å². The molecular formula is C28H35N3O6. The Morgan fingerprint density at radius 3 is 2.43 bits per heavy atom. The quantitative estimate of drug-likeness (QED) is 0.553. The lowest BCUT2D eigenvalue weighted by molar-refractivity contribution is -0.146. The van der Waals surface area contributed by atoms with Crippen LogP contribution in [-0.4, -0.2) is 54.6 Å². The summed E-state index contributed by atoms with van der Waals surface area (Å²) in [7, 11) is 2.99. The first kappa shape index (κ1) is 27.7. The van der Waals surface area contributed by atoms with E-state index in [-0.39, 0.29) is 18.7 Å². The molecule has 0 spiro atoms. The van der Waals surface area contributed by atoms with Crippen molar-refractivity contribution < 1.29 is 28.7 Å². The summed E-state index contributed by atoms with van der Waals surface area (Å²) in [4.78, 5) is 51.9. The summed E-state index contributed by atoms with van der Waals surface area (Å²) in [6, 6.07) is 14.0. The predicted molar refractivity (Wildman–Crippen MR) is 139 cm³/mol. The number of hydrogen-bond acceptors (Lipinski definition) is 6. The average molecular weight is 510 g/mol. The Morgan fingerprint density at radius 2 is 1.78 bits per heavy atom. The number of benzene rings is 2. The zero-order valence-corrected chi connectivity index (χ0v) is 22.0. The van der Waals surface area contributed by atoms with E-state index in [1.807, 2.05) is 42.5 Å². The van der Waals surface area contributed by atoms with Gasteiger partial charge in [0.1, 0.15) is 11.6 Å². The van der Waals surface area contributed by atoms with Gasteiger partial charge in [0.15, 0.2) is 0 Å². The number of carbonyl (C=O) groups excluding carboxylic acids is 4. The van der Waals surface area contributed by atoms with Gasteiger partial charge in [-0.2, -0.15) is 0 Å². The van der Waals surface area contributed by atoms with Gasteiger partial charge in [-0.1, -0.05) is 36.4 Å². The van der Waals surface area contributed by atoms with E-state index in [9.17, 15) is 19.2 Å². The summed E-state index contributed by atoms with van der Waals surface area (Å²) in [5, 5.41) is 5.58. The third-order valence-corrected chi connectivity index (χ3v) is 6.00. The van der Waals surface area contributed by atoms with Crippen LogP contribution in [0.3, 0.4) is 0 Å². The standard InChI is InChI=1S/C28H35N3O6/c1-28(2,3)37-27(35)30-23(13-18-9-7-6-8-10-18)25(33)29-22-12-11-19-14-20(16-24(32)36-5)26(34)31(4)17-21(19)15-22/h6-12,15,20,23H,13-14,16-17H2,1-5H3,(H,29,33)(H,30,35)/t20-,23+/m1/s1. The second kappa shape index (κ2) is 11.9. The third-order valence-electron chi connectivity index (χ3n) is 6.00. The lowest BCUT2D eigenvalue weighted by Crippen LogP contribution is -2.47. The molecule has 0 unspecified atom stereocenters.